The lowest BCUT2D eigenvalue weighted by Crippen LogP contribution is -2.46. The summed E-state index contributed by atoms with van der Waals surface area (Å²) in [7, 11) is -14.6. The predicted octanol–water partition coefficient (Wildman–Crippen LogP) is 1.07. The van der Waals surface area contributed by atoms with E-state index in [2.05, 4.69) is 24.0 Å². The molecule has 0 aromatic carbocycles. The van der Waals surface area contributed by atoms with E-state index in [0.717, 1.165) is 5.70 Å². The van der Waals surface area contributed by atoms with Crippen LogP contribution < -0.4 is 5.43 Å². The maximum absolute atomic E-state index is 11.9. The maximum Gasteiger partial charge on any atom is 0.490 e. The molecule has 3 rings (SSSR count). The minimum atomic E-state index is -5.56. The molecule has 3 heterocycles. The van der Waals surface area contributed by atoms with E-state index < -0.39 is 36.2 Å². The number of hydrazine groups is 1. The minimum Gasteiger partial charge on any atom is -0.372 e. The smallest absolute Gasteiger partial charge is 0.372 e. The van der Waals surface area contributed by atoms with E-state index in [4.69, 9.17) is 19.0 Å². The van der Waals surface area contributed by atoms with Gasteiger partial charge in [0.25, 0.3) is 0 Å². The van der Waals surface area contributed by atoms with Crippen LogP contribution in [-0.2, 0) is 31.6 Å². The molecule has 18 heteroatoms. The average molecular weight is 530 g/mol. The first kappa shape index (κ1) is 26.4. The van der Waals surface area contributed by atoms with Gasteiger partial charge in [0.05, 0.1) is 18.8 Å². The number of nitrogens with one attached hydrogen (secondary N) is 1. The SMILES string of the molecule is CN=C1N=CNN2CC(C3OC(COP(=O)(O)OP(=O)(O)OP(=O)(O)O)CC3C)C=CC=C12. The molecular weight excluding hydrogens is 505 g/mol. The first-order chi connectivity index (χ1) is 15.3. The van der Waals surface area contributed by atoms with Crippen LogP contribution in [0, 0.1) is 11.8 Å². The molecule has 1 saturated heterocycles. The number of phosphoric acid groups is 3. The van der Waals surface area contributed by atoms with Gasteiger partial charge in [-0.3, -0.25) is 20.0 Å². The van der Waals surface area contributed by atoms with Gasteiger partial charge in [-0.1, -0.05) is 19.1 Å². The van der Waals surface area contributed by atoms with Crippen LogP contribution in [-0.4, -0.2) is 69.2 Å². The molecule has 33 heavy (non-hydrogen) atoms. The fourth-order valence-corrected chi connectivity index (χ4v) is 6.80. The molecule has 0 aromatic rings. The van der Waals surface area contributed by atoms with Crippen LogP contribution >= 0.6 is 23.5 Å². The minimum absolute atomic E-state index is 0.0356. The van der Waals surface area contributed by atoms with E-state index >= 15 is 0 Å². The third kappa shape index (κ3) is 7.38. The van der Waals surface area contributed by atoms with Crippen LogP contribution in [0.25, 0.3) is 0 Å². The molecule has 0 radical (unpaired) electrons. The van der Waals surface area contributed by atoms with E-state index in [1.165, 1.54) is 6.34 Å². The largest absolute Gasteiger partial charge is 0.490 e. The van der Waals surface area contributed by atoms with Crippen molar-refractivity contribution in [1.29, 1.82) is 0 Å². The summed E-state index contributed by atoms with van der Waals surface area (Å²) in [4.78, 5) is 44.3. The van der Waals surface area contributed by atoms with Gasteiger partial charge in [0, 0.05) is 19.5 Å². The van der Waals surface area contributed by atoms with Gasteiger partial charge in [-0.25, -0.2) is 18.7 Å². The maximum atomic E-state index is 11.9. The third-order valence-electron chi connectivity index (χ3n) is 4.94. The monoisotopic (exact) mass is 530 g/mol. The number of rotatable bonds is 8. The van der Waals surface area contributed by atoms with Crippen molar-refractivity contribution in [3.63, 3.8) is 0 Å². The number of fused-ring (bicyclic) bond motifs is 1. The Morgan fingerprint density at radius 1 is 1.24 bits per heavy atom. The van der Waals surface area contributed by atoms with Crippen molar-refractivity contribution in [3.05, 3.63) is 23.9 Å². The number of nitrogens with zero attached hydrogens (tertiary/aromatic N) is 3. The number of amidine groups is 1. The Balaban J connectivity index is 1.57. The van der Waals surface area contributed by atoms with Gasteiger partial charge in [-0.05, 0) is 18.4 Å². The van der Waals surface area contributed by atoms with E-state index in [0.29, 0.717) is 18.8 Å². The number of phosphoric ester groups is 1. The van der Waals surface area contributed by atoms with Crippen molar-refractivity contribution in [3.8, 4) is 0 Å². The summed E-state index contributed by atoms with van der Waals surface area (Å²) >= 11 is 0. The van der Waals surface area contributed by atoms with E-state index in [1.807, 2.05) is 30.2 Å². The summed E-state index contributed by atoms with van der Waals surface area (Å²) in [6, 6.07) is 0. The molecule has 0 saturated carbocycles. The molecule has 6 atom stereocenters. The summed E-state index contributed by atoms with van der Waals surface area (Å²) in [6.45, 7) is 2.02. The molecule has 6 unspecified atom stereocenters. The third-order valence-corrected chi connectivity index (χ3v) is 8.75. The molecule has 15 nitrogen and oxygen atoms in total. The zero-order chi connectivity index (χ0) is 24.4. The molecule has 186 valence electrons. The number of aliphatic imine (C=N–C) groups is 2. The number of hydrogen-bond donors (Lipinski definition) is 5. The second-order valence-electron chi connectivity index (χ2n) is 7.47. The van der Waals surface area contributed by atoms with E-state index in [-0.39, 0.29) is 17.9 Å². The highest BCUT2D eigenvalue weighted by Gasteiger charge is 2.43. The van der Waals surface area contributed by atoms with Gasteiger partial charge in [-0.15, -0.1) is 0 Å². The highest BCUT2D eigenvalue weighted by molar-refractivity contribution is 7.66. The van der Waals surface area contributed by atoms with Crippen molar-refractivity contribution < 1.29 is 51.2 Å². The molecule has 0 spiro atoms. The summed E-state index contributed by atoms with van der Waals surface area (Å²) in [5, 5.41) is 1.88. The molecular formula is C15H25N4O11P3. The average Bonchev–Trinajstić information content (AvgIpc) is 2.90. The van der Waals surface area contributed by atoms with E-state index in [1.54, 1.807) is 7.05 Å². The van der Waals surface area contributed by atoms with Crippen molar-refractivity contribution in [1.82, 2.24) is 10.4 Å². The highest BCUT2D eigenvalue weighted by Crippen LogP contribution is 2.66. The van der Waals surface area contributed by atoms with Gasteiger partial charge in [-0.2, -0.15) is 8.62 Å². The van der Waals surface area contributed by atoms with E-state index in [9.17, 15) is 23.5 Å². The van der Waals surface area contributed by atoms with Crippen molar-refractivity contribution in [2.45, 2.75) is 25.6 Å². The number of hydrogen-bond acceptors (Lipinski definition) is 10. The van der Waals surface area contributed by atoms with Gasteiger partial charge in [0.1, 0.15) is 12.0 Å². The second kappa shape index (κ2) is 10.2. The zero-order valence-electron chi connectivity index (χ0n) is 17.6. The highest BCUT2D eigenvalue weighted by atomic mass is 31.3. The Labute approximate surface area is 189 Å². The molecule has 1 fully saturated rings. The first-order valence-electron chi connectivity index (χ1n) is 9.64. The Morgan fingerprint density at radius 2 is 1.97 bits per heavy atom. The predicted molar refractivity (Wildman–Crippen MR) is 115 cm³/mol. The summed E-state index contributed by atoms with van der Waals surface area (Å²) < 4.78 is 52.2. The lowest BCUT2D eigenvalue weighted by atomic mass is 9.91. The molecule has 5 N–H and O–H groups in total. The van der Waals surface area contributed by atoms with Crippen LogP contribution in [0.4, 0.5) is 0 Å². The first-order valence-corrected chi connectivity index (χ1v) is 14.2. The quantitative estimate of drug-likeness (QED) is 0.279. The molecule has 0 aliphatic carbocycles. The zero-order valence-corrected chi connectivity index (χ0v) is 20.3. The summed E-state index contributed by atoms with van der Waals surface area (Å²) in [6.07, 6.45) is 6.82. The van der Waals surface area contributed by atoms with Crippen molar-refractivity contribution in [2.24, 2.45) is 21.8 Å². The van der Waals surface area contributed by atoms with Crippen molar-refractivity contribution >= 4 is 35.6 Å². The summed E-state index contributed by atoms with van der Waals surface area (Å²) in [5.74, 6) is 0.546. The Hall–Kier alpha value is -1.21. The lowest BCUT2D eigenvalue weighted by Gasteiger charge is -2.33. The Morgan fingerprint density at radius 3 is 2.64 bits per heavy atom. The lowest BCUT2D eigenvalue weighted by molar-refractivity contribution is -0.0176. The Bertz CT molecular complexity index is 1010. The second-order valence-corrected chi connectivity index (χ2v) is 11.9. The van der Waals surface area contributed by atoms with Gasteiger partial charge in [0.15, 0.2) is 5.84 Å². The van der Waals surface area contributed by atoms with Crippen LogP contribution in [0.3, 0.4) is 0 Å². The number of ether oxygens (including phenoxy) is 1. The fraction of sp³-hybridized carbons (Fsp3) is 0.600. The standard InChI is InChI=1S/C15H25N4O11P3/c1-10-6-12(8-27-32(23,24)30-33(25,26)29-31(20,21)22)28-14(10)11-4-3-5-13-15(16-2)17-9-18-19(13)7-11/h3-5,9-12,14H,6-8H2,1-2H3,(H,23,24)(H,25,26)(H,16,17,18)(H2,20,21,22). The summed E-state index contributed by atoms with van der Waals surface area (Å²) in [5.41, 5.74) is 3.86. The molecule has 3 aliphatic rings. The van der Waals surface area contributed by atoms with Gasteiger partial charge < -0.3 is 24.3 Å². The molecule has 0 amide bonds. The van der Waals surface area contributed by atoms with Crippen LogP contribution in [0.2, 0.25) is 0 Å². The van der Waals surface area contributed by atoms with Gasteiger partial charge in [0.2, 0.25) is 0 Å². The topological polar surface area (TPSA) is 209 Å². The van der Waals surface area contributed by atoms with Crippen molar-refractivity contribution in [2.75, 3.05) is 20.2 Å². The Kier molecular flexibility index (Phi) is 8.15. The molecule has 0 bridgehead atoms. The molecule has 3 aliphatic heterocycles. The fourth-order valence-electron chi connectivity index (χ4n) is 3.75. The van der Waals surface area contributed by atoms with Crippen LogP contribution in [0.15, 0.2) is 33.9 Å². The molecule has 0 aromatic heterocycles. The van der Waals surface area contributed by atoms with Gasteiger partial charge >= 0.3 is 23.5 Å². The van der Waals surface area contributed by atoms with Crippen LogP contribution in [0.5, 0.6) is 0 Å². The normalized spacial score (nSPS) is 32.5. The van der Waals surface area contributed by atoms with Crippen LogP contribution in [0.1, 0.15) is 13.3 Å². The number of allylic oxidation sites excluding steroid dienone is 2.